The Morgan fingerprint density at radius 2 is 1.90 bits per heavy atom. The maximum Gasteiger partial charge on any atom is 0.235 e. The second-order valence-electron chi connectivity index (χ2n) is 4.63. The van der Waals surface area contributed by atoms with E-state index in [1.165, 1.54) is 6.26 Å². The molecule has 0 bridgehead atoms. The van der Waals surface area contributed by atoms with E-state index in [2.05, 4.69) is 5.32 Å². The zero-order chi connectivity index (χ0) is 15.3. The Morgan fingerprint density at radius 3 is 2.52 bits per heavy atom. The van der Waals surface area contributed by atoms with Crippen molar-refractivity contribution in [2.24, 2.45) is 0 Å². The average molecular weight is 308 g/mol. The predicted octanol–water partition coefficient (Wildman–Crippen LogP) is 1.09. The normalized spacial score (nSPS) is 11.2. The highest BCUT2D eigenvalue weighted by Crippen LogP contribution is 2.10. The third-order valence-electron chi connectivity index (χ3n) is 2.76. The van der Waals surface area contributed by atoms with Crippen molar-refractivity contribution >= 4 is 21.4 Å². The van der Waals surface area contributed by atoms with Gasteiger partial charge in [-0.2, -0.15) is 0 Å². The largest absolute Gasteiger partial charge is 0.467 e. The van der Waals surface area contributed by atoms with Gasteiger partial charge >= 0.3 is 0 Å². The molecule has 0 unspecified atom stereocenters. The Morgan fingerprint density at radius 1 is 1.19 bits per heavy atom. The van der Waals surface area contributed by atoms with Gasteiger partial charge in [-0.25, -0.2) is 8.42 Å². The third-order valence-corrected chi connectivity index (χ3v) is 4.23. The van der Waals surface area contributed by atoms with Crippen LogP contribution in [0.4, 0.5) is 5.69 Å². The number of sulfone groups is 1. The van der Waals surface area contributed by atoms with Crippen LogP contribution in [0, 0.1) is 0 Å². The number of amides is 1. The van der Waals surface area contributed by atoms with Gasteiger partial charge in [0.25, 0.3) is 0 Å². The first kappa shape index (κ1) is 15.1. The molecule has 1 heterocycles. The molecule has 0 aliphatic heterocycles. The van der Waals surface area contributed by atoms with Crippen LogP contribution in [0.25, 0.3) is 0 Å². The number of nitrogen functional groups attached to an aromatic ring is 1. The minimum Gasteiger partial charge on any atom is -0.467 e. The molecule has 112 valence electrons. The van der Waals surface area contributed by atoms with Crippen molar-refractivity contribution in [3.8, 4) is 0 Å². The highest BCUT2D eigenvalue weighted by Gasteiger charge is 2.17. The highest BCUT2D eigenvalue weighted by molar-refractivity contribution is 7.91. The first-order valence-electron chi connectivity index (χ1n) is 6.28. The van der Waals surface area contributed by atoms with Crippen molar-refractivity contribution in [1.82, 2.24) is 5.32 Å². The molecule has 2 aromatic rings. The van der Waals surface area contributed by atoms with Crippen LogP contribution in [0.2, 0.25) is 0 Å². The van der Waals surface area contributed by atoms with Gasteiger partial charge in [-0.15, -0.1) is 0 Å². The molecule has 0 radical (unpaired) electrons. The minimum absolute atomic E-state index is 0.170. The SMILES string of the molecule is Nc1ccc(CS(=O)(=O)CC(=O)NCc2ccco2)cc1. The zero-order valence-electron chi connectivity index (χ0n) is 11.3. The van der Waals surface area contributed by atoms with Crippen LogP contribution >= 0.6 is 0 Å². The molecular formula is C14H16N2O4S. The lowest BCUT2D eigenvalue weighted by molar-refractivity contribution is -0.118. The van der Waals surface area contributed by atoms with Gasteiger partial charge in [0, 0.05) is 5.69 Å². The Kier molecular flexibility index (Phi) is 4.64. The Labute approximate surface area is 122 Å². The number of anilines is 1. The van der Waals surface area contributed by atoms with Crippen molar-refractivity contribution in [1.29, 1.82) is 0 Å². The summed E-state index contributed by atoms with van der Waals surface area (Å²) in [5, 5.41) is 2.50. The van der Waals surface area contributed by atoms with Gasteiger partial charge in [-0.1, -0.05) is 12.1 Å². The maximum absolute atomic E-state index is 11.9. The minimum atomic E-state index is -3.52. The molecule has 6 nitrogen and oxygen atoms in total. The van der Waals surface area contributed by atoms with Gasteiger partial charge in [-0.3, -0.25) is 4.79 Å². The van der Waals surface area contributed by atoms with Gasteiger partial charge in [0.15, 0.2) is 9.84 Å². The predicted molar refractivity (Wildman–Crippen MR) is 78.9 cm³/mol. The standard InChI is InChI=1S/C14H16N2O4S/c15-12-5-3-11(4-6-12)9-21(18,19)10-14(17)16-8-13-2-1-7-20-13/h1-7H,8-10,15H2,(H,16,17). The third kappa shape index (κ3) is 4.96. The molecule has 1 aromatic heterocycles. The van der Waals surface area contributed by atoms with Crippen LogP contribution in [-0.2, 0) is 26.9 Å². The quantitative estimate of drug-likeness (QED) is 0.778. The Hall–Kier alpha value is -2.28. The van der Waals surface area contributed by atoms with E-state index in [0.29, 0.717) is 17.0 Å². The fourth-order valence-electron chi connectivity index (χ4n) is 1.77. The topological polar surface area (TPSA) is 102 Å². The van der Waals surface area contributed by atoms with Crippen molar-refractivity contribution in [2.75, 3.05) is 11.5 Å². The van der Waals surface area contributed by atoms with Crippen molar-refractivity contribution in [2.45, 2.75) is 12.3 Å². The monoisotopic (exact) mass is 308 g/mol. The number of rotatable bonds is 6. The summed E-state index contributed by atoms with van der Waals surface area (Å²) in [4.78, 5) is 11.6. The molecule has 7 heteroatoms. The number of hydrogen-bond acceptors (Lipinski definition) is 5. The summed E-state index contributed by atoms with van der Waals surface area (Å²) in [6, 6.07) is 9.91. The lowest BCUT2D eigenvalue weighted by Crippen LogP contribution is -2.30. The van der Waals surface area contributed by atoms with E-state index in [9.17, 15) is 13.2 Å². The summed E-state index contributed by atoms with van der Waals surface area (Å²) < 4.78 is 28.9. The molecule has 3 N–H and O–H groups in total. The average Bonchev–Trinajstić information content (AvgIpc) is 2.91. The number of nitrogens with one attached hydrogen (secondary N) is 1. The van der Waals surface area contributed by atoms with Gasteiger partial charge in [-0.05, 0) is 29.8 Å². The number of hydrogen-bond donors (Lipinski definition) is 2. The summed E-state index contributed by atoms with van der Waals surface area (Å²) in [5.41, 5.74) is 6.70. The van der Waals surface area contributed by atoms with Crippen molar-refractivity contribution in [3.63, 3.8) is 0 Å². The molecule has 0 spiro atoms. The van der Waals surface area contributed by atoms with E-state index in [-0.39, 0.29) is 12.3 Å². The van der Waals surface area contributed by atoms with E-state index >= 15 is 0 Å². The van der Waals surface area contributed by atoms with Crippen LogP contribution in [0.1, 0.15) is 11.3 Å². The fraction of sp³-hybridized carbons (Fsp3) is 0.214. The van der Waals surface area contributed by atoms with E-state index in [1.54, 1.807) is 36.4 Å². The molecule has 0 fully saturated rings. The summed E-state index contributed by atoms with van der Waals surface area (Å²) in [6.07, 6.45) is 1.49. The number of carbonyl (C=O) groups excluding carboxylic acids is 1. The summed E-state index contributed by atoms with van der Waals surface area (Å²) >= 11 is 0. The van der Waals surface area contributed by atoms with E-state index < -0.39 is 21.5 Å². The first-order valence-corrected chi connectivity index (χ1v) is 8.11. The summed E-state index contributed by atoms with van der Waals surface area (Å²) in [5.74, 6) is -0.736. The molecule has 0 saturated carbocycles. The number of benzene rings is 1. The second kappa shape index (κ2) is 6.45. The molecule has 0 aliphatic rings. The van der Waals surface area contributed by atoms with Crippen molar-refractivity contribution < 1.29 is 17.6 Å². The Bertz CT molecular complexity index is 691. The Balaban J connectivity index is 1.88. The van der Waals surface area contributed by atoms with Crippen LogP contribution in [-0.4, -0.2) is 20.1 Å². The lowest BCUT2D eigenvalue weighted by Gasteiger charge is -2.06. The number of carbonyl (C=O) groups is 1. The zero-order valence-corrected chi connectivity index (χ0v) is 12.1. The molecule has 1 amide bonds. The van der Waals surface area contributed by atoms with Crippen LogP contribution < -0.4 is 11.1 Å². The van der Waals surface area contributed by atoms with Gasteiger partial charge in [0.2, 0.25) is 5.91 Å². The van der Waals surface area contributed by atoms with Crippen LogP contribution in [0.3, 0.4) is 0 Å². The molecule has 0 saturated heterocycles. The van der Waals surface area contributed by atoms with E-state index in [1.807, 2.05) is 0 Å². The molecule has 2 rings (SSSR count). The molecule has 0 atom stereocenters. The molecule has 1 aromatic carbocycles. The van der Waals surface area contributed by atoms with Gasteiger partial charge in [0.05, 0.1) is 18.6 Å². The fourth-order valence-corrected chi connectivity index (χ4v) is 3.07. The number of furan rings is 1. The van der Waals surface area contributed by atoms with Gasteiger partial charge < -0.3 is 15.5 Å². The maximum atomic E-state index is 11.9. The summed E-state index contributed by atoms with van der Waals surface area (Å²) in [6.45, 7) is 0.170. The van der Waals surface area contributed by atoms with Crippen molar-refractivity contribution in [3.05, 3.63) is 54.0 Å². The van der Waals surface area contributed by atoms with Crippen LogP contribution in [0.5, 0.6) is 0 Å². The van der Waals surface area contributed by atoms with Gasteiger partial charge in [0.1, 0.15) is 11.5 Å². The number of nitrogens with two attached hydrogens (primary N) is 1. The highest BCUT2D eigenvalue weighted by atomic mass is 32.2. The smallest absolute Gasteiger partial charge is 0.235 e. The second-order valence-corrected chi connectivity index (χ2v) is 6.69. The lowest BCUT2D eigenvalue weighted by atomic mass is 10.2. The summed E-state index contributed by atoms with van der Waals surface area (Å²) in [7, 11) is -3.52. The van der Waals surface area contributed by atoms with Crippen LogP contribution in [0.15, 0.2) is 47.1 Å². The molecular weight excluding hydrogens is 292 g/mol. The molecule has 0 aliphatic carbocycles. The van der Waals surface area contributed by atoms with E-state index in [4.69, 9.17) is 10.2 Å². The van der Waals surface area contributed by atoms with E-state index in [0.717, 1.165) is 0 Å². The molecule has 21 heavy (non-hydrogen) atoms. The first-order chi connectivity index (χ1) is 9.94.